The van der Waals surface area contributed by atoms with E-state index >= 15 is 0 Å². The monoisotopic (exact) mass is 451 g/mol. The molecule has 8 nitrogen and oxygen atoms in total. The van der Waals surface area contributed by atoms with Crippen molar-refractivity contribution in [2.24, 2.45) is 5.92 Å². The largest absolute Gasteiger partial charge is 0.325 e. The number of carbonyl (C=O) groups excluding carboxylic acids is 2. The minimum absolute atomic E-state index is 0.0678. The van der Waals surface area contributed by atoms with Crippen molar-refractivity contribution < 1.29 is 9.59 Å². The number of hydrogen-bond acceptors (Lipinski definition) is 6. The average molecular weight is 452 g/mol. The third kappa shape index (κ3) is 5.82. The Kier molecular flexibility index (Phi) is 7.42. The predicted molar refractivity (Wildman–Crippen MR) is 127 cm³/mol. The van der Waals surface area contributed by atoms with Gasteiger partial charge in [-0.2, -0.15) is 0 Å². The second-order valence-corrected chi connectivity index (χ2v) is 8.62. The zero-order chi connectivity index (χ0) is 23.3. The summed E-state index contributed by atoms with van der Waals surface area (Å²) >= 11 is 1.08. The van der Waals surface area contributed by atoms with Crippen molar-refractivity contribution in [1.29, 1.82) is 0 Å². The van der Waals surface area contributed by atoms with E-state index in [2.05, 4.69) is 25.8 Å². The van der Waals surface area contributed by atoms with Gasteiger partial charge in [-0.15, -0.1) is 10.2 Å². The molecule has 2 aromatic carbocycles. The van der Waals surface area contributed by atoms with Crippen molar-refractivity contribution in [3.8, 4) is 11.3 Å². The van der Waals surface area contributed by atoms with E-state index in [0.29, 0.717) is 11.3 Å². The Morgan fingerprint density at radius 1 is 1.03 bits per heavy atom. The lowest BCUT2D eigenvalue weighted by atomic mass is 10.1. The highest BCUT2D eigenvalue weighted by Crippen LogP contribution is 2.24. The molecule has 0 spiro atoms. The smallest absolute Gasteiger partial charge is 0.278 e. The van der Waals surface area contributed by atoms with Crippen LogP contribution in [0.4, 0.5) is 11.4 Å². The lowest BCUT2D eigenvalue weighted by Crippen LogP contribution is -2.20. The van der Waals surface area contributed by atoms with Crippen LogP contribution in [0.1, 0.15) is 25.0 Å². The molecule has 0 unspecified atom stereocenters. The highest BCUT2D eigenvalue weighted by atomic mass is 32.2. The van der Waals surface area contributed by atoms with Crippen LogP contribution in [0.2, 0.25) is 0 Å². The van der Waals surface area contributed by atoms with Gasteiger partial charge in [0.25, 0.3) is 5.56 Å². The number of nitrogens with one attached hydrogen (secondary N) is 3. The molecule has 3 aromatic rings. The number of para-hydroxylation sites is 1. The first-order chi connectivity index (χ1) is 15.2. The Morgan fingerprint density at radius 3 is 2.47 bits per heavy atom. The second-order valence-electron chi connectivity index (χ2n) is 7.65. The molecule has 166 valence electrons. The molecule has 0 saturated heterocycles. The molecule has 0 bridgehead atoms. The number of hydrogen-bond donors (Lipinski definition) is 3. The number of aromatic amines is 1. The van der Waals surface area contributed by atoms with Crippen LogP contribution in [-0.4, -0.2) is 32.7 Å². The molecule has 1 aromatic heterocycles. The Balaban J connectivity index is 1.70. The van der Waals surface area contributed by atoms with Crippen molar-refractivity contribution in [3.05, 3.63) is 63.9 Å². The van der Waals surface area contributed by atoms with Gasteiger partial charge in [0.1, 0.15) is 0 Å². The predicted octanol–water partition coefficient (Wildman–Crippen LogP) is 3.77. The molecule has 32 heavy (non-hydrogen) atoms. The number of benzene rings is 2. The van der Waals surface area contributed by atoms with Gasteiger partial charge in [0.05, 0.1) is 11.4 Å². The van der Waals surface area contributed by atoms with Gasteiger partial charge >= 0.3 is 0 Å². The Labute approximate surface area is 190 Å². The van der Waals surface area contributed by atoms with E-state index in [0.717, 1.165) is 28.6 Å². The number of aromatic nitrogens is 3. The van der Waals surface area contributed by atoms with Crippen LogP contribution in [0.15, 0.2) is 52.4 Å². The summed E-state index contributed by atoms with van der Waals surface area (Å²) in [5.74, 6) is -0.515. The van der Waals surface area contributed by atoms with Crippen LogP contribution >= 0.6 is 11.8 Å². The molecule has 0 aliphatic carbocycles. The maximum Gasteiger partial charge on any atom is 0.278 e. The van der Waals surface area contributed by atoms with E-state index in [1.807, 2.05) is 32.0 Å². The SMILES string of the molecule is Cc1ccc(NC(=O)CSc2nnc(-c3ccccc3NC(=O)C(C)C)c(=O)[nH]2)c(C)c1. The quantitative estimate of drug-likeness (QED) is 0.471. The highest BCUT2D eigenvalue weighted by molar-refractivity contribution is 7.99. The molecule has 1 heterocycles. The van der Waals surface area contributed by atoms with Crippen LogP contribution in [-0.2, 0) is 9.59 Å². The summed E-state index contributed by atoms with van der Waals surface area (Å²) in [6, 6.07) is 12.7. The number of carbonyl (C=O) groups is 2. The van der Waals surface area contributed by atoms with Crippen molar-refractivity contribution >= 4 is 35.0 Å². The number of rotatable bonds is 7. The number of aryl methyl sites for hydroxylation is 2. The van der Waals surface area contributed by atoms with Crippen molar-refractivity contribution in [2.45, 2.75) is 32.9 Å². The summed E-state index contributed by atoms with van der Waals surface area (Å²) in [6.07, 6.45) is 0. The summed E-state index contributed by atoms with van der Waals surface area (Å²) < 4.78 is 0. The number of amides is 2. The highest BCUT2D eigenvalue weighted by Gasteiger charge is 2.16. The standard InChI is InChI=1S/C23H25N5O3S/c1-13(2)21(30)25-18-8-6-5-7-16(18)20-22(31)26-23(28-27-20)32-12-19(29)24-17-10-9-14(3)11-15(17)4/h5-11,13H,12H2,1-4H3,(H,24,29)(H,25,30)(H,26,28,31). The van der Waals surface area contributed by atoms with Gasteiger partial charge in [-0.3, -0.25) is 19.4 Å². The van der Waals surface area contributed by atoms with E-state index in [1.54, 1.807) is 38.1 Å². The molecule has 0 atom stereocenters. The Hall–Kier alpha value is -3.46. The average Bonchev–Trinajstić information content (AvgIpc) is 2.75. The third-order valence-corrected chi connectivity index (χ3v) is 5.50. The molecule has 3 N–H and O–H groups in total. The second kappa shape index (κ2) is 10.2. The van der Waals surface area contributed by atoms with Crippen LogP contribution in [0.25, 0.3) is 11.3 Å². The summed E-state index contributed by atoms with van der Waals surface area (Å²) in [5, 5.41) is 14.0. The van der Waals surface area contributed by atoms with E-state index in [1.165, 1.54) is 0 Å². The maximum atomic E-state index is 12.6. The fourth-order valence-corrected chi connectivity index (χ4v) is 3.52. The van der Waals surface area contributed by atoms with Gasteiger partial charge in [0, 0.05) is 17.2 Å². The van der Waals surface area contributed by atoms with Gasteiger partial charge in [0.15, 0.2) is 10.9 Å². The van der Waals surface area contributed by atoms with Crippen LogP contribution in [0, 0.1) is 19.8 Å². The van der Waals surface area contributed by atoms with Crippen LogP contribution < -0.4 is 16.2 Å². The lowest BCUT2D eigenvalue weighted by molar-refractivity contribution is -0.119. The minimum Gasteiger partial charge on any atom is -0.325 e. The fourth-order valence-electron chi connectivity index (χ4n) is 2.91. The number of anilines is 2. The molecule has 3 rings (SSSR count). The molecular formula is C23H25N5O3S. The molecule has 0 aliphatic heterocycles. The number of nitrogens with zero attached hydrogens (tertiary/aromatic N) is 2. The normalized spacial score (nSPS) is 10.8. The van der Waals surface area contributed by atoms with Crippen LogP contribution in [0.5, 0.6) is 0 Å². The van der Waals surface area contributed by atoms with E-state index in [9.17, 15) is 14.4 Å². The van der Waals surface area contributed by atoms with Crippen molar-refractivity contribution in [3.63, 3.8) is 0 Å². The first kappa shape index (κ1) is 23.2. The van der Waals surface area contributed by atoms with Crippen LogP contribution in [0.3, 0.4) is 0 Å². The topological polar surface area (TPSA) is 117 Å². The minimum atomic E-state index is -0.455. The first-order valence-corrected chi connectivity index (χ1v) is 11.1. The maximum absolute atomic E-state index is 12.6. The van der Waals surface area contributed by atoms with E-state index < -0.39 is 5.56 Å². The lowest BCUT2D eigenvalue weighted by Gasteiger charge is -2.11. The Bertz CT molecular complexity index is 1210. The summed E-state index contributed by atoms with van der Waals surface area (Å²) in [5.41, 5.74) is 3.43. The number of H-pyrrole nitrogens is 1. The molecule has 0 saturated carbocycles. The Morgan fingerprint density at radius 2 is 1.78 bits per heavy atom. The molecule has 0 radical (unpaired) electrons. The summed E-state index contributed by atoms with van der Waals surface area (Å²) in [6.45, 7) is 7.49. The third-order valence-electron chi connectivity index (χ3n) is 4.64. The van der Waals surface area contributed by atoms with Gasteiger partial charge in [-0.25, -0.2) is 0 Å². The molecule has 0 fully saturated rings. The van der Waals surface area contributed by atoms with Crippen molar-refractivity contribution in [2.75, 3.05) is 16.4 Å². The summed E-state index contributed by atoms with van der Waals surface area (Å²) in [7, 11) is 0. The molecule has 0 aliphatic rings. The number of thioether (sulfide) groups is 1. The van der Waals surface area contributed by atoms with Gasteiger partial charge < -0.3 is 10.6 Å². The van der Waals surface area contributed by atoms with Crippen molar-refractivity contribution in [1.82, 2.24) is 15.2 Å². The zero-order valence-corrected chi connectivity index (χ0v) is 19.2. The van der Waals surface area contributed by atoms with E-state index in [-0.39, 0.29) is 34.3 Å². The summed E-state index contributed by atoms with van der Waals surface area (Å²) in [4.78, 5) is 39.7. The zero-order valence-electron chi connectivity index (χ0n) is 18.4. The fraction of sp³-hybridized carbons (Fsp3) is 0.261. The molecular weight excluding hydrogens is 426 g/mol. The molecule has 9 heteroatoms. The first-order valence-electron chi connectivity index (χ1n) is 10.1. The van der Waals surface area contributed by atoms with E-state index in [4.69, 9.17) is 0 Å². The van der Waals surface area contributed by atoms with Gasteiger partial charge in [0.2, 0.25) is 11.8 Å². The van der Waals surface area contributed by atoms with Gasteiger partial charge in [-0.05, 0) is 31.5 Å². The van der Waals surface area contributed by atoms with Gasteiger partial charge in [-0.1, -0.05) is 61.5 Å². The molecule has 2 amide bonds.